The third kappa shape index (κ3) is 2.66. The van der Waals surface area contributed by atoms with E-state index in [1.807, 2.05) is 6.07 Å². The number of carbonyl (C=O) groups is 2. The number of nitriles is 1. The Morgan fingerprint density at radius 3 is 3.00 bits per heavy atom. The van der Waals surface area contributed by atoms with Crippen molar-refractivity contribution in [3.8, 4) is 11.8 Å². The lowest BCUT2D eigenvalue weighted by Gasteiger charge is -2.12. The zero-order chi connectivity index (χ0) is 14.7. The highest BCUT2D eigenvalue weighted by molar-refractivity contribution is 5.93. The molecule has 1 aliphatic rings. The number of nitrogens with zero attached hydrogens (tertiary/aromatic N) is 3. The molecular weight excluding hydrogens is 267 g/mol. The average Bonchev–Trinajstić information content (AvgIpc) is 2.85. The average molecular weight is 278 g/mol. The maximum atomic E-state index is 12.8. The van der Waals surface area contributed by atoms with Crippen LogP contribution in [0.1, 0.15) is 6.42 Å². The summed E-state index contributed by atoms with van der Waals surface area (Å²) in [6.07, 6.45) is 1.59. The summed E-state index contributed by atoms with van der Waals surface area (Å²) in [4.78, 5) is 27.5. The summed E-state index contributed by atoms with van der Waals surface area (Å²) in [5, 5.41) is 20.6. The van der Waals surface area contributed by atoms with Crippen LogP contribution < -0.4 is 5.32 Å². The van der Waals surface area contributed by atoms with Gasteiger partial charge in [-0.3, -0.25) is 9.59 Å². The largest absolute Gasteiger partial charge is 0.504 e. The fourth-order valence-corrected chi connectivity index (χ4v) is 2.04. The van der Waals surface area contributed by atoms with Gasteiger partial charge in [0, 0.05) is 12.6 Å². The molecule has 2 heterocycles. The minimum absolute atomic E-state index is 0.121. The molecule has 0 spiro atoms. The molecule has 1 saturated heterocycles. The highest BCUT2D eigenvalue weighted by Crippen LogP contribution is 2.25. The van der Waals surface area contributed by atoms with Crippen molar-refractivity contribution in [2.45, 2.75) is 12.5 Å². The normalized spacial score (nSPS) is 21.3. The van der Waals surface area contributed by atoms with Gasteiger partial charge in [0.1, 0.15) is 11.9 Å². The van der Waals surface area contributed by atoms with Gasteiger partial charge in [-0.1, -0.05) is 0 Å². The van der Waals surface area contributed by atoms with Gasteiger partial charge >= 0.3 is 0 Å². The fraction of sp³-hybridized carbons (Fsp3) is 0.333. The second-order valence-electron chi connectivity index (χ2n) is 4.39. The monoisotopic (exact) mass is 278 g/mol. The van der Waals surface area contributed by atoms with Gasteiger partial charge in [-0.05, 0) is 6.42 Å². The van der Waals surface area contributed by atoms with E-state index in [1.165, 1.54) is 4.90 Å². The Morgan fingerprint density at radius 1 is 1.70 bits per heavy atom. The van der Waals surface area contributed by atoms with Gasteiger partial charge in [-0.25, -0.2) is 9.37 Å². The van der Waals surface area contributed by atoms with E-state index in [2.05, 4.69) is 10.3 Å². The van der Waals surface area contributed by atoms with Crippen LogP contribution in [0.4, 0.5) is 10.2 Å². The van der Waals surface area contributed by atoms with E-state index in [4.69, 9.17) is 5.26 Å². The zero-order valence-electron chi connectivity index (χ0n) is 10.3. The third-order valence-corrected chi connectivity index (χ3v) is 3.07. The number of pyridine rings is 1. The molecule has 8 heteroatoms. The van der Waals surface area contributed by atoms with E-state index < -0.39 is 29.4 Å². The predicted octanol–water partition coefficient (Wildman–Crippen LogP) is 0.235. The quantitative estimate of drug-likeness (QED) is 0.770. The first-order valence-corrected chi connectivity index (χ1v) is 5.81. The lowest BCUT2D eigenvalue weighted by atomic mass is 10.1. The molecule has 1 aromatic heterocycles. The third-order valence-electron chi connectivity index (χ3n) is 3.07. The Balaban J connectivity index is 2.06. The maximum Gasteiger partial charge on any atom is 0.230 e. The van der Waals surface area contributed by atoms with Crippen molar-refractivity contribution >= 4 is 18.1 Å². The van der Waals surface area contributed by atoms with Gasteiger partial charge in [0.05, 0.1) is 18.2 Å². The Labute approximate surface area is 113 Å². The molecule has 0 aromatic carbocycles. The maximum absolute atomic E-state index is 12.8. The van der Waals surface area contributed by atoms with Crippen LogP contribution in [-0.4, -0.2) is 39.9 Å². The van der Waals surface area contributed by atoms with E-state index in [0.717, 1.165) is 12.3 Å². The number of aromatic hydroxyl groups is 1. The van der Waals surface area contributed by atoms with Crippen molar-refractivity contribution in [2.24, 2.45) is 5.92 Å². The number of aromatic nitrogens is 1. The lowest BCUT2D eigenvalue weighted by Crippen LogP contribution is -2.28. The van der Waals surface area contributed by atoms with Gasteiger partial charge in [0.2, 0.25) is 12.3 Å². The molecule has 0 saturated carbocycles. The number of carbonyl (C=O) groups excluding carboxylic acids is 2. The van der Waals surface area contributed by atoms with Crippen LogP contribution in [0.5, 0.6) is 5.75 Å². The van der Waals surface area contributed by atoms with Crippen LogP contribution in [0.2, 0.25) is 0 Å². The van der Waals surface area contributed by atoms with Crippen molar-refractivity contribution in [3.63, 3.8) is 0 Å². The summed E-state index contributed by atoms with van der Waals surface area (Å²) >= 11 is 0. The molecule has 2 atom stereocenters. The summed E-state index contributed by atoms with van der Waals surface area (Å²) < 4.78 is 12.8. The van der Waals surface area contributed by atoms with Gasteiger partial charge in [0.25, 0.3) is 0 Å². The smallest absolute Gasteiger partial charge is 0.230 e. The molecule has 1 aliphatic heterocycles. The summed E-state index contributed by atoms with van der Waals surface area (Å²) in [5.74, 6) is -2.42. The minimum atomic E-state index is -0.724. The van der Waals surface area contributed by atoms with Crippen LogP contribution >= 0.6 is 0 Å². The van der Waals surface area contributed by atoms with Crippen LogP contribution in [0.25, 0.3) is 0 Å². The molecule has 0 bridgehead atoms. The molecule has 104 valence electrons. The Bertz CT molecular complexity index is 587. The number of hydrogen-bond donors (Lipinski definition) is 2. The summed E-state index contributed by atoms with van der Waals surface area (Å²) in [5.41, 5.74) is 0. The Kier molecular flexibility index (Phi) is 3.79. The zero-order valence-corrected chi connectivity index (χ0v) is 10.3. The van der Waals surface area contributed by atoms with Crippen molar-refractivity contribution < 1.29 is 19.1 Å². The molecule has 20 heavy (non-hydrogen) atoms. The number of amides is 2. The Hall–Kier alpha value is -2.69. The molecule has 0 aliphatic carbocycles. The number of nitrogens with one attached hydrogen (secondary N) is 1. The van der Waals surface area contributed by atoms with Crippen LogP contribution in [0.3, 0.4) is 0 Å². The highest BCUT2D eigenvalue weighted by Gasteiger charge is 2.35. The first-order chi connectivity index (χ1) is 9.55. The summed E-state index contributed by atoms with van der Waals surface area (Å²) in [6, 6.07) is 2.12. The highest BCUT2D eigenvalue weighted by atomic mass is 19.1. The molecule has 1 fully saturated rings. The van der Waals surface area contributed by atoms with E-state index in [1.54, 1.807) is 0 Å². The topological polar surface area (TPSA) is 106 Å². The molecule has 0 unspecified atom stereocenters. The standard InChI is InChI=1S/C12H11FN4O3/c13-8-2-10(19)11(15-4-8)16-12(20)7-1-9(3-14)17(5-7)6-18/h2,4,6-7,9,19H,1,5H2,(H,15,16,20)/t7-,9-/m0/s1. The van der Waals surface area contributed by atoms with Gasteiger partial charge < -0.3 is 15.3 Å². The van der Waals surface area contributed by atoms with Crippen LogP contribution in [0.15, 0.2) is 12.3 Å². The lowest BCUT2D eigenvalue weighted by molar-refractivity contribution is -0.120. The summed E-state index contributed by atoms with van der Waals surface area (Å²) in [6.45, 7) is 0.121. The number of likely N-dealkylation sites (tertiary alicyclic amines) is 1. The molecule has 1 aromatic rings. The number of anilines is 1. The second kappa shape index (κ2) is 5.52. The van der Waals surface area contributed by atoms with Crippen LogP contribution in [-0.2, 0) is 9.59 Å². The number of halogens is 1. The first kappa shape index (κ1) is 13.7. The molecule has 7 nitrogen and oxygen atoms in total. The van der Waals surface area contributed by atoms with E-state index in [-0.39, 0.29) is 18.8 Å². The van der Waals surface area contributed by atoms with Crippen LogP contribution in [0, 0.1) is 23.1 Å². The second-order valence-corrected chi connectivity index (χ2v) is 4.39. The van der Waals surface area contributed by atoms with E-state index >= 15 is 0 Å². The summed E-state index contributed by atoms with van der Waals surface area (Å²) in [7, 11) is 0. The molecule has 0 radical (unpaired) electrons. The van der Waals surface area contributed by atoms with Gasteiger partial charge in [-0.2, -0.15) is 5.26 Å². The fourth-order valence-electron chi connectivity index (χ4n) is 2.04. The predicted molar refractivity (Wildman–Crippen MR) is 64.8 cm³/mol. The molecule has 2 N–H and O–H groups in total. The molecule has 2 rings (SSSR count). The van der Waals surface area contributed by atoms with Crippen molar-refractivity contribution in [1.29, 1.82) is 5.26 Å². The van der Waals surface area contributed by atoms with Crippen molar-refractivity contribution in [1.82, 2.24) is 9.88 Å². The minimum Gasteiger partial charge on any atom is -0.504 e. The number of hydrogen-bond acceptors (Lipinski definition) is 5. The first-order valence-electron chi connectivity index (χ1n) is 5.81. The van der Waals surface area contributed by atoms with Crippen molar-refractivity contribution in [3.05, 3.63) is 18.1 Å². The van der Waals surface area contributed by atoms with E-state index in [9.17, 15) is 19.1 Å². The Morgan fingerprint density at radius 2 is 2.45 bits per heavy atom. The van der Waals surface area contributed by atoms with Gasteiger partial charge in [-0.15, -0.1) is 0 Å². The molecule has 2 amide bonds. The molecular formula is C12H11FN4O3. The van der Waals surface area contributed by atoms with Gasteiger partial charge in [0.15, 0.2) is 11.6 Å². The number of rotatable bonds is 3. The van der Waals surface area contributed by atoms with E-state index in [0.29, 0.717) is 6.41 Å². The SMILES string of the molecule is N#C[C@@H]1C[C@H](C(=O)Nc2ncc(F)cc2O)CN1C=O. The van der Waals surface area contributed by atoms with Crippen molar-refractivity contribution in [2.75, 3.05) is 11.9 Å².